The molecule has 0 bridgehead atoms. The normalized spacial score (nSPS) is 11.9. The Morgan fingerprint density at radius 3 is 1.86 bits per heavy atom. The monoisotopic (exact) mass is 744 g/mol. The first-order valence-electron chi connectivity index (χ1n) is 19.2. The zero-order chi connectivity index (χ0) is 37.5. The van der Waals surface area contributed by atoms with Gasteiger partial charge >= 0.3 is 0 Å². The van der Waals surface area contributed by atoms with Crippen LogP contribution in [0.15, 0.2) is 194 Å². The minimum Gasteiger partial charge on any atom is -0.309 e. The molecular formula is C52H32N4S. The summed E-state index contributed by atoms with van der Waals surface area (Å²) in [7, 11) is 0. The van der Waals surface area contributed by atoms with Crippen molar-refractivity contribution in [2.45, 2.75) is 0 Å². The van der Waals surface area contributed by atoms with E-state index in [-0.39, 0.29) is 0 Å². The second-order valence-corrected chi connectivity index (χ2v) is 15.7. The Morgan fingerprint density at radius 2 is 1.05 bits per heavy atom. The Labute approximate surface area is 332 Å². The van der Waals surface area contributed by atoms with E-state index >= 15 is 0 Å². The Kier molecular flexibility index (Phi) is 7.06. The first-order valence-corrected chi connectivity index (χ1v) is 20.1. The van der Waals surface area contributed by atoms with Crippen LogP contribution in [0.1, 0.15) is 0 Å². The molecule has 266 valence electrons. The van der Waals surface area contributed by atoms with Gasteiger partial charge in [-0.15, -0.1) is 11.3 Å². The zero-order valence-corrected chi connectivity index (χ0v) is 31.5. The van der Waals surface area contributed by atoms with Crippen LogP contribution in [-0.2, 0) is 0 Å². The number of fused-ring (bicyclic) bond motifs is 8. The van der Waals surface area contributed by atoms with Gasteiger partial charge in [0.15, 0.2) is 11.6 Å². The van der Waals surface area contributed by atoms with Gasteiger partial charge in [0.2, 0.25) is 0 Å². The van der Waals surface area contributed by atoms with Gasteiger partial charge in [0.25, 0.3) is 0 Å². The Bertz CT molecular complexity index is 3510. The van der Waals surface area contributed by atoms with Crippen LogP contribution in [0.2, 0.25) is 0 Å². The van der Waals surface area contributed by atoms with E-state index in [0.717, 1.165) is 38.3 Å². The van der Waals surface area contributed by atoms with Crippen molar-refractivity contribution in [2.24, 2.45) is 0 Å². The van der Waals surface area contributed by atoms with Gasteiger partial charge in [-0.3, -0.25) is 4.57 Å². The number of hydrogen-bond donors (Lipinski definition) is 0. The van der Waals surface area contributed by atoms with Crippen molar-refractivity contribution in [3.63, 3.8) is 0 Å². The van der Waals surface area contributed by atoms with Crippen LogP contribution in [0, 0.1) is 0 Å². The Hall–Kier alpha value is -7.34. The molecule has 57 heavy (non-hydrogen) atoms. The van der Waals surface area contributed by atoms with Crippen molar-refractivity contribution in [1.82, 2.24) is 19.1 Å². The molecule has 4 heterocycles. The average Bonchev–Trinajstić information content (AvgIpc) is 3.96. The molecule has 8 aromatic carbocycles. The number of benzene rings is 8. The van der Waals surface area contributed by atoms with Crippen molar-refractivity contribution in [1.29, 1.82) is 0 Å². The van der Waals surface area contributed by atoms with Gasteiger partial charge in [0, 0.05) is 37.7 Å². The van der Waals surface area contributed by atoms with Crippen molar-refractivity contribution in [3.05, 3.63) is 194 Å². The largest absolute Gasteiger partial charge is 0.309 e. The standard InChI is InChI=1S/C52H32N4S/c1-4-15-33(16-5-1)48-32-43-50(57-48)52(54-51(53-43)34-17-6-2-7-18-34)56-45-28-27-37(30-41(45)42-29-35-19-10-11-20-36(35)31-47(42)56)39-24-14-26-46-49(39)40-23-12-13-25-44(40)55(46)38-21-8-3-9-22-38/h1-32H. The van der Waals surface area contributed by atoms with E-state index in [0.29, 0.717) is 5.82 Å². The number of para-hydroxylation sites is 2. The van der Waals surface area contributed by atoms with Crippen molar-refractivity contribution >= 4 is 75.9 Å². The second-order valence-electron chi connectivity index (χ2n) is 14.6. The van der Waals surface area contributed by atoms with E-state index < -0.39 is 0 Å². The van der Waals surface area contributed by atoms with Crippen LogP contribution in [0.5, 0.6) is 0 Å². The lowest BCUT2D eigenvalue weighted by molar-refractivity contribution is 1.08. The number of rotatable bonds is 5. The molecule has 4 aromatic heterocycles. The van der Waals surface area contributed by atoms with Crippen LogP contribution in [0.4, 0.5) is 0 Å². The van der Waals surface area contributed by atoms with Crippen molar-refractivity contribution in [3.8, 4) is 44.5 Å². The molecule has 0 aliphatic rings. The molecule has 0 fully saturated rings. The fraction of sp³-hybridized carbons (Fsp3) is 0. The molecule has 12 rings (SSSR count). The topological polar surface area (TPSA) is 35.6 Å². The van der Waals surface area contributed by atoms with E-state index in [1.807, 2.05) is 6.07 Å². The molecule has 0 unspecified atom stereocenters. The molecule has 0 aliphatic heterocycles. The summed E-state index contributed by atoms with van der Waals surface area (Å²) in [6.45, 7) is 0. The van der Waals surface area contributed by atoms with Crippen molar-refractivity contribution in [2.75, 3.05) is 0 Å². The summed E-state index contributed by atoms with van der Waals surface area (Å²) in [5, 5.41) is 7.27. The lowest BCUT2D eigenvalue weighted by atomic mass is 9.97. The summed E-state index contributed by atoms with van der Waals surface area (Å²) in [6.07, 6.45) is 0. The highest BCUT2D eigenvalue weighted by Crippen LogP contribution is 2.44. The summed E-state index contributed by atoms with van der Waals surface area (Å²) in [4.78, 5) is 11.8. The highest BCUT2D eigenvalue weighted by atomic mass is 32.1. The third-order valence-corrected chi connectivity index (χ3v) is 12.5. The summed E-state index contributed by atoms with van der Waals surface area (Å²) >= 11 is 1.75. The highest BCUT2D eigenvalue weighted by molar-refractivity contribution is 7.22. The van der Waals surface area contributed by atoms with E-state index in [1.165, 1.54) is 64.9 Å². The maximum Gasteiger partial charge on any atom is 0.162 e. The highest BCUT2D eigenvalue weighted by Gasteiger charge is 2.22. The van der Waals surface area contributed by atoms with Gasteiger partial charge in [-0.05, 0) is 82.1 Å². The Morgan fingerprint density at radius 1 is 0.404 bits per heavy atom. The molecule has 0 amide bonds. The van der Waals surface area contributed by atoms with Gasteiger partial charge in [0.1, 0.15) is 0 Å². The number of nitrogens with zero attached hydrogens (tertiary/aromatic N) is 4. The lowest BCUT2D eigenvalue weighted by Gasteiger charge is -2.11. The lowest BCUT2D eigenvalue weighted by Crippen LogP contribution is -2.01. The fourth-order valence-electron chi connectivity index (χ4n) is 8.74. The average molecular weight is 745 g/mol. The molecular weight excluding hydrogens is 713 g/mol. The van der Waals surface area contributed by atoms with E-state index in [4.69, 9.17) is 9.97 Å². The molecule has 4 nitrogen and oxygen atoms in total. The first-order chi connectivity index (χ1) is 28.3. The minimum atomic E-state index is 0.712. The maximum atomic E-state index is 5.45. The van der Waals surface area contributed by atoms with Crippen LogP contribution in [0.3, 0.4) is 0 Å². The van der Waals surface area contributed by atoms with E-state index in [1.54, 1.807) is 11.3 Å². The fourth-order valence-corrected chi connectivity index (χ4v) is 9.83. The Balaban J connectivity index is 1.16. The van der Waals surface area contributed by atoms with Crippen LogP contribution >= 0.6 is 11.3 Å². The van der Waals surface area contributed by atoms with Crippen LogP contribution in [-0.4, -0.2) is 19.1 Å². The number of aromatic nitrogens is 4. The molecule has 12 aromatic rings. The van der Waals surface area contributed by atoms with Gasteiger partial charge in [-0.25, -0.2) is 9.97 Å². The second kappa shape index (κ2) is 12.6. The summed E-state index contributed by atoms with van der Waals surface area (Å²) in [6, 6.07) is 69.6. The smallest absolute Gasteiger partial charge is 0.162 e. The number of thiophene rings is 1. The molecule has 0 saturated heterocycles. The summed E-state index contributed by atoms with van der Waals surface area (Å²) < 4.78 is 5.83. The quantitative estimate of drug-likeness (QED) is 0.176. The molecule has 0 atom stereocenters. The predicted molar refractivity (Wildman–Crippen MR) is 240 cm³/mol. The molecule has 0 radical (unpaired) electrons. The van der Waals surface area contributed by atoms with Crippen LogP contribution < -0.4 is 0 Å². The van der Waals surface area contributed by atoms with Gasteiger partial charge < -0.3 is 4.57 Å². The van der Waals surface area contributed by atoms with E-state index in [9.17, 15) is 0 Å². The molecule has 0 N–H and O–H groups in total. The summed E-state index contributed by atoms with van der Waals surface area (Å²) in [5.41, 5.74) is 11.3. The van der Waals surface area contributed by atoms with Gasteiger partial charge in [-0.2, -0.15) is 0 Å². The maximum absolute atomic E-state index is 5.45. The SMILES string of the molecule is c1ccc(-c2nc(-n3c4ccc(-c5cccc6c5c5ccccc5n6-c5ccccc5)cc4c4cc5ccccc5cc43)c3sc(-c4ccccc4)cc3n2)cc1. The molecule has 0 spiro atoms. The molecule has 5 heteroatoms. The van der Waals surface area contributed by atoms with Crippen LogP contribution in [0.25, 0.3) is 109 Å². The van der Waals surface area contributed by atoms with Gasteiger partial charge in [-0.1, -0.05) is 140 Å². The van der Waals surface area contributed by atoms with Gasteiger partial charge in [0.05, 0.1) is 32.3 Å². The van der Waals surface area contributed by atoms with Crippen molar-refractivity contribution < 1.29 is 0 Å². The third kappa shape index (κ3) is 4.99. The minimum absolute atomic E-state index is 0.712. The summed E-state index contributed by atoms with van der Waals surface area (Å²) in [5.74, 6) is 1.60. The molecule has 0 aliphatic carbocycles. The first kappa shape index (κ1) is 32.0. The number of hydrogen-bond acceptors (Lipinski definition) is 3. The third-order valence-electron chi connectivity index (χ3n) is 11.3. The zero-order valence-electron chi connectivity index (χ0n) is 30.7. The van der Waals surface area contributed by atoms with E-state index in [2.05, 4.69) is 197 Å². The predicted octanol–water partition coefficient (Wildman–Crippen LogP) is 14.0. The molecule has 0 saturated carbocycles.